The molecule has 3 aromatic carbocycles. The van der Waals surface area contributed by atoms with Crippen LogP contribution in [0.5, 0.6) is 11.5 Å². The molecule has 0 bridgehead atoms. The van der Waals surface area contributed by atoms with E-state index in [1.807, 2.05) is 36.4 Å². The van der Waals surface area contributed by atoms with Gasteiger partial charge < -0.3 is 19.9 Å². The summed E-state index contributed by atoms with van der Waals surface area (Å²) in [6.45, 7) is 0.715. The number of hydrogen-bond acceptors (Lipinski definition) is 4. The number of aliphatic hydroxyl groups is 1. The Kier molecular flexibility index (Phi) is 8.10. The van der Waals surface area contributed by atoms with Crippen molar-refractivity contribution in [2.75, 3.05) is 13.7 Å². The number of nitrogens with one attached hydrogen (secondary N) is 1. The summed E-state index contributed by atoms with van der Waals surface area (Å²) in [5.74, 6) is 0.570. The van der Waals surface area contributed by atoms with Crippen molar-refractivity contribution in [3.8, 4) is 11.5 Å². The van der Waals surface area contributed by atoms with Gasteiger partial charge in [-0.15, -0.1) is 0 Å². The summed E-state index contributed by atoms with van der Waals surface area (Å²) in [5, 5.41) is 13.9. The van der Waals surface area contributed by atoms with E-state index < -0.39 is 11.9 Å². The van der Waals surface area contributed by atoms with Crippen molar-refractivity contribution in [2.24, 2.45) is 0 Å². The summed E-state index contributed by atoms with van der Waals surface area (Å²) in [5.41, 5.74) is 1.90. The number of methoxy groups -OCH3 is 1. The molecule has 2 N–H and O–H groups in total. The lowest BCUT2D eigenvalue weighted by atomic mass is 10.1. The Morgan fingerprint density at radius 2 is 1.83 bits per heavy atom. The van der Waals surface area contributed by atoms with Crippen LogP contribution in [-0.2, 0) is 13.2 Å². The van der Waals surface area contributed by atoms with Crippen molar-refractivity contribution in [3.63, 3.8) is 0 Å². The highest BCUT2D eigenvalue weighted by molar-refractivity contribution is 9.10. The summed E-state index contributed by atoms with van der Waals surface area (Å²) in [7, 11) is 1.54. The molecule has 0 aliphatic carbocycles. The average Bonchev–Trinajstić information content (AvgIpc) is 2.75. The SMILES string of the molecule is COc1ccc(Br)c(CNCC(O)c2ccccc2)c1OCc1c(F)cccc1Cl. The van der Waals surface area contributed by atoms with Crippen molar-refractivity contribution in [3.05, 3.63) is 92.7 Å². The van der Waals surface area contributed by atoms with Crippen molar-refractivity contribution in [2.45, 2.75) is 19.3 Å². The molecular formula is C23H22BrClFNO3. The van der Waals surface area contributed by atoms with Gasteiger partial charge in [-0.05, 0) is 29.8 Å². The number of rotatable bonds is 9. The fourth-order valence-electron chi connectivity index (χ4n) is 3.01. The predicted octanol–water partition coefficient (Wildman–Crippen LogP) is 5.65. The third-order valence-corrected chi connectivity index (χ3v) is 5.73. The molecule has 158 valence electrons. The lowest BCUT2D eigenvalue weighted by Gasteiger charge is -2.18. The molecule has 30 heavy (non-hydrogen) atoms. The second-order valence-electron chi connectivity index (χ2n) is 6.60. The van der Waals surface area contributed by atoms with Crippen LogP contribution >= 0.6 is 27.5 Å². The number of aliphatic hydroxyl groups excluding tert-OH is 1. The van der Waals surface area contributed by atoms with E-state index in [4.69, 9.17) is 21.1 Å². The molecule has 0 fully saturated rings. The molecule has 1 unspecified atom stereocenters. The van der Waals surface area contributed by atoms with Crippen LogP contribution in [0.3, 0.4) is 0 Å². The minimum atomic E-state index is -0.642. The van der Waals surface area contributed by atoms with Gasteiger partial charge in [0.2, 0.25) is 0 Å². The molecule has 3 aromatic rings. The van der Waals surface area contributed by atoms with Gasteiger partial charge in [-0.1, -0.05) is 63.9 Å². The molecule has 4 nitrogen and oxygen atoms in total. The Balaban J connectivity index is 1.75. The smallest absolute Gasteiger partial charge is 0.167 e. The summed E-state index contributed by atoms with van der Waals surface area (Å²) >= 11 is 9.66. The van der Waals surface area contributed by atoms with E-state index in [-0.39, 0.29) is 12.2 Å². The second-order valence-corrected chi connectivity index (χ2v) is 7.87. The molecule has 0 radical (unpaired) electrons. The topological polar surface area (TPSA) is 50.7 Å². The lowest BCUT2D eigenvalue weighted by molar-refractivity contribution is 0.174. The summed E-state index contributed by atoms with van der Waals surface area (Å²) in [6, 6.07) is 17.6. The first-order valence-electron chi connectivity index (χ1n) is 9.36. The van der Waals surface area contributed by atoms with Crippen LogP contribution in [0.25, 0.3) is 0 Å². The van der Waals surface area contributed by atoms with Gasteiger partial charge in [0.05, 0.1) is 18.2 Å². The Morgan fingerprint density at radius 3 is 2.53 bits per heavy atom. The van der Waals surface area contributed by atoms with Crippen LogP contribution in [-0.4, -0.2) is 18.8 Å². The third kappa shape index (κ3) is 5.52. The van der Waals surface area contributed by atoms with Crippen molar-refractivity contribution < 1.29 is 19.0 Å². The zero-order valence-electron chi connectivity index (χ0n) is 16.4. The molecule has 3 rings (SSSR count). The van der Waals surface area contributed by atoms with Crippen LogP contribution in [0.2, 0.25) is 5.02 Å². The minimum Gasteiger partial charge on any atom is -0.493 e. The molecule has 0 heterocycles. The maximum atomic E-state index is 14.1. The van der Waals surface area contributed by atoms with Gasteiger partial charge in [0.25, 0.3) is 0 Å². The van der Waals surface area contributed by atoms with Crippen LogP contribution < -0.4 is 14.8 Å². The molecule has 0 saturated carbocycles. The van der Waals surface area contributed by atoms with E-state index in [0.29, 0.717) is 29.6 Å². The number of halogens is 3. The molecule has 7 heteroatoms. The third-order valence-electron chi connectivity index (χ3n) is 4.63. The van der Waals surface area contributed by atoms with Gasteiger partial charge in [0, 0.05) is 28.7 Å². The fourth-order valence-corrected chi connectivity index (χ4v) is 3.68. The Hall–Kier alpha value is -2.12. The molecule has 0 aromatic heterocycles. The maximum Gasteiger partial charge on any atom is 0.167 e. The summed E-state index contributed by atoms with van der Waals surface area (Å²) in [4.78, 5) is 0. The summed E-state index contributed by atoms with van der Waals surface area (Å²) < 4.78 is 26.3. The number of benzene rings is 3. The minimum absolute atomic E-state index is 0.0437. The quantitative estimate of drug-likeness (QED) is 0.403. The molecule has 0 amide bonds. The van der Waals surface area contributed by atoms with Crippen LogP contribution in [0, 0.1) is 5.82 Å². The van der Waals surface area contributed by atoms with E-state index >= 15 is 0 Å². The van der Waals surface area contributed by atoms with Crippen LogP contribution in [0.4, 0.5) is 4.39 Å². The standard InChI is InChI=1S/C23H22BrClFNO3/c1-29-22-11-10-18(24)16(12-27-13-21(28)15-6-3-2-4-7-15)23(22)30-14-17-19(25)8-5-9-20(17)26/h2-11,21,27-28H,12-14H2,1H3. The van der Waals surface area contributed by atoms with Crippen molar-refractivity contribution in [1.29, 1.82) is 0 Å². The highest BCUT2D eigenvalue weighted by Crippen LogP contribution is 2.37. The van der Waals surface area contributed by atoms with Gasteiger partial charge in [-0.2, -0.15) is 0 Å². The first-order valence-corrected chi connectivity index (χ1v) is 10.5. The number of ether oxygens (including phenoxy) is 2. The first-order chi connectivity index (χ1) is 14.5. The van der Waals surface area contributed by atoms with E-state index in [2.05, 4.69) is 21.2 Å². The van der Waals surface area contributed by atoms with E-state index in [0.717, 1.165) is 15.6 Å². The van der Waals surface area contributed by atoms with Gasteiger partial charge in [0.1, 0.15) is 12.4 Å². The summed E-state index contributed by atoms with van der Waals surface area (Å²) in [6.07, 6.45) is -0.642. The maximum absolute atomic E-state index is 14.1. The highest BCUT2D eigenvalue weighted by atomic mass is 79.9. The molecular weight excluding hydrogens is 473 g/mol. The highest BCUT2D eigenvalue weighted by Gasteiger charge is 2.17. The fraction of sp³-hybridized carbons (Fsp3) is 0.217. The predicted molar refractivity (Wildman–Crippen MR) is 120 cm³/mol. The molecule has 0 saturated heterocycles. The average molecular weight is 495 g/mol. The van der Waals surface area contributed by atoms with Gasteiger partial charge in [-0.3, -0.25) is 0 Å². The Bertz CT molecular complexity index is 967. The molecule has 1 atom stereocenters. The van der Waals surface area contributed by atoms with Crippen LogP contribution in [0.15, 0.2) is 65.1 Å². The molecule has 0 aliphatic rings. The largest absolute Gasteiger partial charge is 0.493 e. The number of hydrogen-bond donors (Lipinski definition) is 2. The first kappa shape index (κ1) is 22.6. The van der Waals surface area contributed by atoms with E-state index in [1.165, 1.54) is 6.07 Å². The monoisotopic (exact) mass is 493 g/mol. The molecule has 0 aliphatic heterocycles. The van der Waals surface area contributed by atoms with Gasteiger partial charge in [-0.25, -0.2) is 4.39 Å². The molecule has 0 spiro atoms. The second kappa shape index (κ2) is 10.8. The van der Waals surface area contributed by atoms with E-state index in [1.54, 1.807) is 25.3 Å². The van der Waals surface area contributed by atoms with Crippen molar-refractivity contribution in [1.82, 2.24) is 5.32 Å². The van der Waals surface area contributed by atoms with E-state index in [9.17, 15) is 9.50 Å². The Morgan fingerprint density at radius 1 is 1.07 bits per heavy atom. The normalized spacial score (nSPS) is 11.9. The zero-order chi connectivity index (χ0) is 21.5. The zero-order valence-corrected chi connectivity index (χ0v) is 18.7. The van der Waals surface area contributed by atoms with Gasteiger partial charge in [0.15, 0.2) is 11.5 Å². The van der Waals surface area contributed by atoms with Gasteiger partial charge >= 0.3 is 0 Å². The van der Waals surface area contributed by atoms with Crippen molar-refractivity contribution >= 4 is 27.5 Å². The lowest BCUT2D eigenvalue weighted by Crippen LogP contribution is -2.21. The Labute approximate surface area is 188 Å². The van der Waals surface area contributed by atoms with Crippen LogP contribution in [0.1, 0.15) is 22.8 Å².